The predicted molar refractivity (Wildman–Crippen MR) is 50.2 cm³/mol. The van der Waals surface area contributed by atoms with E-state index in [1.165, 1.54) is 0 Å². The van der Waals surface area contributed by atoms with Gasteiger partial charge in [0.25, 0.3) is 0 Å². The Labute approximate surface area is 89.5 Å². The zero-order valence-electron chi connectivity index (χ0n) is 7.27. The standard InChI is InChI=1S/C9H8BrNO3/c10-8-2-1-7(14-8)9-12-5-6(13-9)3-4-11/h1-2,6,9H,3,5H2. The molecule has 0 N–H and O–H groups in total. The molecule has 1 aromatic heterocycles. The minimum absolute atomic E-state index is 0.145. The summed E-state index contributed by atoms with van der Waals surface area (Å²) in [5.74, 6) is 0.623. The summed E-state index contributed by atoms with van der Waals surface area (Å²) >= 11 is 3.19. The summed E-state index contributed by atoms with van der Waals surface area (Å²) in [7, 11) is 0. The van der Waals surface area contributed by atoms with Gasteiger partial charge in [-0.15, -0.1) is 0 Å². The van der Waals surface area contributed by atoms with Gasteiger partial charge in [0.05, 0.1) is 25.2 Å². The Hall–Kier alpha value is -0.830. The third kappa shape index (κ3) is 1.98. The van der Waals surface area contributed by atoms with Crippen LogP contribution in [0.4, 0.5) is 0 Å². The molecule has 1 saturated heterocycles. The number of hydrogen-bond donors (Lipinski definition) is 0. The zero-order chi connectivity index (χ0) is 9.97. The summed E-state index contributed by atoms with van der Waals surface area (Å²) in [6.07, 6.45) is -0.271. The molecule has 0 spiro atoms. The molecular formula is C9H8BrNO3. The predicted octanol–water partition coefficient (Wildman–Crippen LogP) is 2.37. The summed E-state index contributed by atoms with van der Waals surface area (Å²) in [6.45, 7) is 0.441. The molecule has 2 rings (SSSR count). The van der Waals surface area contributed by atoms with Gasteiger partial charge >= 0.3 is 0 Å². The van der Waals surface area contributed by atoms with Crippen LogP contribution in [0, 0.1) is 11.3 Å². The van der Waals surface area contributed by atoms with Crippen molar-refractivity contribution in [3.63, 3.8) is 0 Å². The highest BCUT2D eigenvalue weighted by molar-refractivity contribution is 9.10. The molecular weight excluding hydrogens is 250 g/mol. The molecule has 14 heavy (non-hydrogen) atoms. The van der Waals surface area contributed by atoms with Gasteiger partial charge in [-0.3, -0.25) is 0 Å². The maximum Gasteiger partial charge on any atom is 0.217 e. The number of nitrogens with zero attached hydrogens (tertiary/aromatic N) is 1. The van der Waals surface area contributed by atoms with Crippen LogP contribution in [-0.4, -0.2) is 12.7 Å². The molecule has 2 atom stereocenters. The van der Waals surface area contributed by atoms with Crippen LogP contribution in [0.3, 0.4) is 0 Å². The first-order valence-electron chi connectivity index (χ1n) is 4.19. The Morgan fingerprint density at radius 3 is 3.07 bits per heavy atom. The van der Waals surface area contributed by atoms with E-state index in [0.717, 1.165) is 0 Å². The van der Waals surface area contributed by atoms with Gasteiger partial charge in [0.15, 0.2) is 10.4 Å². The van der Waals surface area contributed by atoms with Gasteiger partial charge < -0.3 is 13.9 Å². The normalized spacial score (nSPS) is 26.3. The Morgan fingerprint density at radius 1 is 1.57 bits per heavy atom. The maximum absolute atomic E-state index is 8.47. The van der Waals surface area contributed by atoms with Gasteiger partial charge in [-0.25, -0.2) is 0 Å². The molecule has 1 aliphatic heterocycles. The third-order valence-electron chi connectivity index (χ3n) is 1.89. The fourth-order valence-corrected chi connectivity index (χ4v) is 1.58. The SMILES string of the molecule is N#CCC1COC(c2ccc(Br)o2)O1. The number of ether oxygens (including phenoxy) is 2. The summed E-state index contributed by atoms with van der Waals surface area (Å²) in [5, 5.41) is 8.47. The van der Waals surface area contributed by atoms with Crippen LogP contribution in [0.25, 0.3) is 0 Å². The lowest BCUT2D eigenvalue weighted by molar-refractivity contribution is -0.0733. The quantitative estimate of drug-likeness (QED) is 0.817. The van der Waals surface area contributed by atoms with Crippen LogP contribution < -0.4 is 0 Å². The van der Waals surface area contributed by atoms with E-state index in [0.29, 0.717) is 23.5 Å². The van der Waals surface area contributed by atoms with Crippen molar-refractivity contribution in [2.45, 2.75) is 18.8 Å². The molecule has 1 aliphatic rings. The third-order valence-corrected chi connectivity index (χ3v) is 2.32. The second-order valence-corrected chi connectivity index (χ2v) is 3.71. The number of hydrogen-bond acceptors (Lipinski definition) is 4. The van der Waals surface area contributed by atoms with E-state index >= 15 is 0 Å². The molecule has 2 unspecified atom stereocenters. The van der Waals surface area contributed by atoms with E-state index in [4.69, 9.17) is 19.2 Å². The molecule has 0 aliphatic carbocycles. The van der Waals surface area contributed by atoms with Crippen LogP contribution in [0.5, 0.6) is 0 Å². The molecule has 0 amide bonds. The van der Waals surface area contributed by atoms with E-state index in [-0.39, 0.29) is 6.10 Å². The number of nitriles is 1. The lowest BCUT2D eigenvalue weighted by atomic mass is 10.3. The maximum atomic E-state index is 8.47. The van der Waals surface area contributed by atoms with Gasteiger partial charge in [-0.1, -0.05) is 0 Å². The van der Waals surface area contributed by atoms with Gasteiger partial charge in [0.2, 0.25) is 6.29 Å². The Kier molecular flexibility index (Phi) is 2.87. The lowest BCUT2D eigenvalue weighted by Crippen LogP contribution is -2.07. The Morgan fingerprint density at radius 2 is 2.43 bits per heavy atom. The molecule has 0 radical (unpaired) electrons. The minimum Gasteiger partial charge on any atom is -0.449 e. The first kappa shape index (κ1) is 9.71. The van der Waals surface area contributed by atoms with Gasteiger partial charge in [0.1, 0.15) is 0 Å². The van der Waals surface area contributed by atoms with E-state index in [1.54, 1.807) is 12.1 Å². The molecule has 0 aromatic carbocycles. The van der Waals surface area contributed by atoms with Gasteiger partial charge in [-0.2, -0.15) is 5.26 Å². The van der Waals surface area contributed by atoms with Crippen LogP contribution in [-0.2, 0) is 9.47 Å². The Bertz CT molecular complexity index is 357. The van der Waals surface area contributed by atoms with Crippen molar-refractivity contribution in [2.75, 3.05) is 6.61 Å². The van der Waals surface area contributed by atoms with Gasteiger partial charge in [0, 0.05) is 0 Å². The van der Waals surface area contributed by atoms with Crippen LogP contribution >= 0.6 is 15.9 Å². The first-order chi connectivity index (χ1) is 6.79. The molecule has 74 valence electrons. The average Bonchev–Trinajstić information content (AvgIpc) is 2.74. The van der Waals surface area contributed by atoms with Crippen molar-refractivity contribution in [2.24, 2.45) is 0 Å². The highest BCUT2D eigenvalue weighted by atomic mass is 79.9. The smallest absolute Gasteiger partial charge is 0.217 e. The molecule has 0 saturated carbocycles. The van der Waals surface area contributed by atoms with Crippen molar-refractivity contribution in [3.05, 3.63) is 22.6 Å². The molecule has 1 aromatic rings. The van der Waals surface area contributed by atoms with Crippen molar-refractivity contribution in [3.8, 4) is 6.07 Å². The van der Waals surface area contributed by atoms with E-state index in [2.05, 4.69) is 15.9 Å². The molecule has 1 fully saturated rings. The molecule has 0 bridgehead atoms. The minimum atomic E-state index is -0.473. The van der Waals surface area contributed by atoms with Crippen molar-refractivity contribution in [1.29, 1.82) is 5.26 Å². The van der Waals surface area contributed by atoms with Crippen molar-refractivity contribution >= 4 is 15.9 Å². The number of rotatable bonds is 2. The summed E-state index contributed by atoms with van der Waals surface area (Å²) in [4.78, 5) is 0. The second kappa shape index (κ2) is 4.13. The van der Waals surface area contributed by atoms with Gasteiger partial charge in [-0.05, 0) is 28.1 Å². The first-order valence-corrected chi connectivity index (χ1v) is 4.98. The van der Waals surface area contributed by atoms with E-state index < -0.39 is 6.29 Å². The van der Waals surface area contributed by atoms with Crippen molar-refractivity contribution < 1.29 is 13.9 Å². The summed E-state index contributed by atoms with van der Waals surface area (Å²) < 4.78 is 16.7. The fraction of sp³-hybridized carbons (Fsp3) is 0.444. The number of halogens is 1. The lowest BCUT2D eigenvalue weighted by Gasteiger charge is -2.05. The molecule has 4 nitrogen and oxygen atoms in total. The summed E-state index contributed by atoms with van der Waals surface area (Å²) in [5.41, 5.74) is 0. The monoisotopic (exact) mass is 257 g/mol. The van der Waals surface area contributed by atoms with Crippen LogP contribution in [0.1, 0.15) is 18.5 Å². The molecule has 5 heteroatoms. The zero-order valence-corrected chi connectivity index (χ0v) is 8.86. The largest absolute Gasteiger partial charge is 0.449 e. The van der Waals surface area contributed by atoms with E-state index in [9.17, 15) is 0 Å². The fourth-order valence-electron chi connectivity index (χ4n) is 1.26. The topological polar surface area (TPSA) is 55.4 Å². The average molecular weight is 258 g/mol. The van der Waals surface area contributed by atoms with E-state index in [1.807, 2.05) is 6.07 Å². The van der Waals surface area contributed by atoms with Crippen molar-refractivity contribution in [1.82, 2.24) is 0 Å². The highest BCUT2D eigenvalue weighted by Crippen LogP contribution is 2.30. The highest BCUT2D eigenvalue weighted by Gasteiger charge is 2.29. The van der Waals surface area contributed by atoms with Crippen LogP contribution in [0.2, 0.25) is 0 Å². The Balaban J connectivity index is 1.99. The summed E-state index contributed by atoms with van der Waals surface area (Å²) in [6, 6.07) is 5.60. The second-order valence-electron chi connectivity index (χ2n) is 2.93. The number of furan rings is 1. The van der Waals surface area contributed by atoms with Crippen LogP contribution in [0.15, 0.2) is 21.2 Å². The molecule has 2 heterocycles.